The lowest BCUT2D eigenvalue weighted by atomic mass is 10.1. The summed E-state index contributed by atoms with van der Waals surface area (Å²) in [7, 11) is 1.82. The maximum atomic E-state index is 13.0. The topological polar surface area (TPSA) is 20.3 Å². The van der Waals surface area contributed by atoms with Gasteiger partial charge >= 0.3 is 0 Å². The van der Waals surface area contributed by atoms with Gasteiger partial charge in [-0.1, -0.05) is 6.92 Å². The zero-order valence-corrected chi connectivity index (χ0v) is 10.5. The highest BCUT2D eigenvalue weighted by Crippen LogP contribution is 2.38. The lowest BCUT2D eigenvalue weighted by Gasteiger charge is -2.18. The van der Waals surface area contributed by atoms with Crippen molar-refractivity contribution in [3.8, 4) is 0 Å². The molecule has 0 bridgehead atoms. The van der Waals surface area contributed by atoms with Crippen LogP contribution in [0.3, 0.4) is 0 Å². The Hall–Kier alpha value is -1.38. The van der Waals surface area contributed by atoms with E-state index >= 15 is 0 Å². The van der Waals surface area contributed by atoms with Gasteiger partial charge in [-0.3, -0.25) is 4.79 Å². The molecule has 1 aromatic rings. The average Bonchev–Trinajstić information content (AvgIpc) is 2.93. The van der Waals surface area contributed by atoms with Crippen molar-refractivity contribution in [3.63, 3.8) is 0 Å². The number of rotatable bonds is 3. The molecule has 1 aliphatic carbocycles. The number of halogens is 1. The number of hydrogen-bond donors (Lipinski definition) is 0. The fourth-order valence-electron chi connectivity index (χ4n) is 2.16. The van der Waals surface area contributed by atoms with Crippen LogP contribution in [0.4, 0.5) is 4.39 Å². The molecule has 0 heterocycles. The first-order valence-corrected chi connectivity index (χ1v) is 6.00. The Bertz CT molecular complexity index is 444. The summed E-state index contributed by atoms with van der Waals surface area (Å²) in [5.74, 6) is 1.07. The van der Waals surface area contributed by atoms with E-state index in [2.05, 4.69) is 6.92 Å². The van der Waals surface area contributed by atoms with E-state index in [0.717, 1.165) is 12.5 Å². The Kier molecular flexibility index (Phi) is 3.18. The summed E-state index contributed by atoms with van der Waals surface area (Å²) in [5.41, 5.74) is 1.30. The maximum absolute atomic E-state index is 13.0. The Labute approximate surface area is 101 Å². The molecule has 1 aromatic carbocycles. The molecule has 0 spiro atoms. The third-order valence-electron chi connectivity index (χ3n) is 3.55. The van der Waals surface area contributed by atoms with Crippen molar-refractivity contribution in [3.05, 3.63) is 35.1 Å². The van der Waals surface area contributed by atoms with Gasteiger partial charge in [0.1, 0.15) is 5.82 Å². The van der Waals surface area contributed by atoms with Gasteiger partial charge in [0, 0.05) is 19.2 Å². The molecular weight excluding hydrogens is 217 g/mol. The molecule has 3 heteroatoms. The second-order valence-electron chi connectivity index (χ2n) is 5.12. The monoisotopic (exact) mass is 235 g/mol. The van der Waals surface area contributed by atoms with Crippen LogP contribution in [0.5, 0.6) is 0 Å². The van der Waals surface area contributed by atoms with Crippen LogP contribution in [0.15, 0.2) is 18.2 Å². The predicted octanol–water partition coefficient (Wildman–Crippen LogP) is 2.86. The third-order valence-corrected chi connectivity index (χ3v) is 3.55. The highest BCUT2D eigenvalue weighted by Gasteiger charge is 2.34. The van der Waals surface area contributed by atoms with Crippen LogP contribution in [-0.2, 0) is 0 Å². The summed E-state index contributed by atoms with van der Waals surface area (Å²) < 4.78 is 13.0. The SMILES string of the molecule is Cc1cc(F)ccc1C(=O)N(C)CC1CC1C. The lowest BCUT2D eigenvalue weighted by Crippen LogP contribution is -2.29. The molecule has 1 fully saturated rings. The highest BCUT2D eigenvalue weighted by atomic mass is 19.1. The first kappa shape index (κ1) is 12.1. The summed E-state index contributed by atoms with van der Waals surface area (Å²) in [4.78, 5) is 13.9. The van der Waals surface area contributed by atoms with Crippen LogP contribution in [0, 0.1) is 24.6 Å². The van der Waals surface area contributed by atoms with Crippen molar-refractivity contribution in [1.82, 2.24) is 4.90 Å². The fraction of sp³-hybridized carbons (Fsp3) is 0.500. The minimum Gasteiger partial charge on any atom is -0.341 e. The van der Waals surface area contributed by atoms with E-state index in [1.807, 2.05) is 7.05 Å². The summed E-state index contributed by atoms with van der Waals surface area (Å²) in [5, 5.41) is 0. The normalized spacial score (nSPS) is 22.4. The molecule has 0 saturated heterocycles. The van der Waals surface area contributed by atoms with Gasteiger partial charge in [0.2, 0.25) is 0 Å². The van der Waals surface area contributed by atoms with E-state index in [-0.39, 0.29) is 11.7 Å². The van der Waals surface area contributed by atoms with E-state index in [1.54, 1.807) is 17.9 Å². The first-order valence-electron chi connectivity index (χ1n) is 6.00. The van der Waals surface area contributed by atoms with Crippen LogP contribution in [0.25, 0.3) is 0 Å². The molecule has 0 N–H and O–H groups in total. The molecular formula is C14H18FNO. The number of amides is 1. The van der Waals surface area contributed by atoms with Gasteiger partial charge in [-0.25, -0.2) is 4.39 Å². The Balaban J connectivity index is 2.07. The van der Waals surface area contributed by atoms with Gasteiger partial charge in [0.15, 0.2) is 0 Å². The summed E-state index contributed by atoms with van der Waals surface area (Å²) in [6.07, 6.45) is 1.21. The molecule has 0 aliphatic heterocycles. The van der Waals surface area contributed by atoms with Crippen molar-refractivity contribution in [2.45, 2.75) is 20.3 Å². The van der Waals surface area contributed by atoms with Crippen molar-refractivity contribution in [2.24, 2.45) is 11.8 Å². The fourth-order valence-corrected chi connectivity index (χ4v) is 2.16. The molecule has 0 aromatic heterocycles. The second-order valence-corrected chi connectivity index (χ2v) is 5.12. The minimum absolute atomic E-state index is 0.0124. The number of carbonyl (C=O) groups excluding carboxylic acids is 1. The molecule has 2 rings (SSSR count). The number of aryl methyl sites for hydroxylation is 1. The zero-order chi connectivity index (χ0) is 12.6. The minimum atomic E-state index is -0.294. The number of hydrogen-bond acceptors (Lipinski definition) is 1. The molecule has 1 saturated carbocycles. The lowest BCUT2D eigenvalue weighted by molar-refractivity contribution is 0.0786. The smallest absolute Gasteiger partial charge is 0.253 e. The number of carbonyl (C=O) groups is 1. The molecule has 1 aliphatic rings. The van der Waals surface area contributed by atoms with Gasteiger partial charge in [0.05, 0.1) is 0 Å². The van der Waals surface area contributed by atoms with E-state index in [0.29, 0.717) is 17.0 Å². The van der Waals surface area contributed by atoms with Gasteiger partial charge in [-0.05, 0) is 48.9 Å². The zero-order valence-electron chi connectivity index (χ0n) is 10.5. The van der Waals surface area contributed by atoms with E-state index in [4.69, 9.17) is 0 Å². The molecule has 2 atom stereocenters. The van der Waals surface area contributed by atoms with Gasteiger partial charge in [0.25, 0.3) is 5.91 Å². The maximum Gasteiger partial charge on any atom is 0.253 e. The molecule has 17 heavy (non-hydrogen) atoms. The molecule has 2 nitrogen and oxygen atoms in total. The standard InChI is InChI=1S/C14H18FNO/c1-9-6-11(9)8-16(3)14(17)13-5-4-12(15)7-10(13)2/h4-5,7,9,11H,6,8H2,1-3H3. The Morgan fingerprint density at radius 1 is 1.53 bits per heavy atom. The number of benzene rings is 1. The molecule has 92 valence electrons. The molecule has 2 unspecified atom stereocenters. The highest BCUT2D eigenvalue weighted by molar-refractivity contribution is 5.95. The average molecular weight is 235 g/mol. The van der Waals surface area contributed by atoms with Gasteiger partial charge in [-0.2, -0.15) is 0 Å². The second kappa shape index (κ2) is 4.47. The van der Waals surface area contributed by atoms with Crippen LogP contribution in [-0.4, -0.2) is 24.4 Å². The van der Waals surface area contributed by atoms with Crippen LogP contribution in [0.1, 0.15) is 29.3 Å². The largest absolute Gasteiger partial charge is 0.341 e. The van der Waals surface area contributed by atoms with E-state index < -0.39 is 0 Å². The molecule has 1 amide bonds. The van der Waals surface area contributed by atoms with Crippen molar-refractivity contribution in [1.29, 1.82) is 0 Å². The summed E-state index contributed by atoms with van der Waals surface area (Å²) in [6.45, 7) is 4.77. The van der Waals surface area contributed by atoms with Crippen molar-refractivity contribution < 1.29 is 9.18 Å². The predicted molar refractivity (Wildman–Crippen MR) is 65.4 cm³/mol. The number of nitrogens with zero attached hydrogens (tertiary/aromatic N) is 1. The third kappa shape index (κ3) is 2.65. The van der Waals surface area contributed by atoms with E-state index in [9.17, 15) is 9.18 Å². The van der Waals surface area contributed by atoms with Crippen molar-refractivity contribution >= 4 is 5.91 Å². The van der Waals surface area contributed by atoms with E-state index in [1.165, 1.54) is 18.6 Å². The molecule has 0 radical (unpaired) electrons. The Morgan fingerprint density at radius 3 is 2.71 bits per heavy atom. The van der Waals surface area contributed by atoms with Gasteiger partial charge in [-0.15, -0.1) is 0 Å². The van der Waals surface area contributed by atoms with Crippen LogP contribution in [0.2, 0.25) is 0 Å². The quantitative estimate of drug-likeness (QED) is 0.789. The van der Waals surface area contributed by atoms with Crippen LogP contribution < -0.4 is 0 Å². The first-order chi connectivity index (χ1) is 7.99. The summed E-state index contributed by atoms with van der Waals surface area (Å²) >= 11 is 0. The van der Waals surface area contributed by atoms with Crippen LogP contribution >= 0.6 is 0 Å². The Morgan fingerprint density at radius 2 is 2.18 bits per heavy atom. The van der Waals surface area contributed by atoms with Gasteiger partial charge < -0.3 is 4.90 Å². The summed E-state index contributed by atoms with van der Waals surface area (Å²) in [6, 6.07) is 4.31. The van der Waals surface area contributed by atoms with Crippen molar-refractivity contribution in [2.75, 3.05) is 13.6 Å².